The number of carbonyl (C=O) groups excluding carboxylic acids is 2. The summed E-state index contributed by atoms with van der Waals surface area (Å²) in [4.78, 5) is 28.8. The van der Waals surface area contributed by atoms with Crippen molar-refractivity contribution in [2.24, 2.45) is 11.8 Å². The van der Waals surface area contributed by atoms with E-state index in [-0.39, 0.29) is 17.9 Å². The Morgan fingerprint density at radius 2 is 1.86 bits per heavy atom. The zero-order chi connectivity index (χ0) is 19.7. The molecule has 28 heavy (non-hydrogen) atoms. The molecule has 1 aliphatic carbocycles. The lowest BCUT2D eigenvalue weighted by molar-refractivity contribution is -0.129. The van der Waals surface area contributed by atoms with E-state index in [1.807, 2.05) is 0 Å². The van der Waals surface area contributed by atoms with Gasteiger partial charge in [-0.15, -0.1) is 0 Å². The van der Waals surface area contributed by atoms with Crippen LogP contribution in [-0.2, 0) is 14.3 Å². The van der Waals surface area contributed by atoms with Crippen LogP contribution in [0.5, 0.6) is 0 Å². The molecule has 6 heteroatoms. The van der Waals surface area contributed by atoms with E-state index in [2.05, 4.69) is 34.5 Å². The second-order valence-corrected chi connectivity index (χ2v) is 8.69. The summed E-state index contributed by atoms with van der Waals surface area (Å²) in [5.74, 6) is 1.44. The largest absolute Gasteiger partial charge is 0.381 e. The van der Waals surface area contributed by atoms with E-state index >= 15 is 0 Å². The number of likely N-dealkylation sites (tertiary alicyclic amines) is 1. The van der Waals surface area contributed by atoms with E-state index < -0.39 is 0 Å². The Kier molecular flexibility index (Phi) is 5.69. The normalized spacial score (nSPS) is 27.3. The maximum Gasteiger partial charge on any atom is 0.236 e. The number of ether oxygens (including phenoxy) is 1. The molecule has 6 nitrogen and oxygen atoms in total. The van der Waals surface area contributed by atoms with E-state index in [9.17, 15) is 9.59 Å². The Labute approximate surface area is 167 Å². The summed E-state index contributed by atoms with van der Waals surface area (Å²) in [7, 11) is 3.60. The predicted octanol–water partition coefficient (Wildman–Crippen LogP) is 1.78. The molecule has 0 bridgehead atoms. The first kappa shape index (κ1) is 19.4. The Balaban J connectivity index is 1.45. The van der Waals surface area contributed by atoms with Crippen molar-refractivity contribution in [2.45, 2.75) is 31.2 Å². The third-order valence-corrected chi connectivity index (χ3v) is 6.59. The highest BCUT2D eigenvalue weighted by Crippen LogP contribution is 2.49. The smallest absolute Gasteiger partial charge is 0.236 e. The zero-order valence-electron chi connectivity index (χ0n) is 16.9. The Morgan fingerprint density at radius 1 is 1.14 bits per heavy atom. The second kappa shape index (κ2) is 8.21. The SMILES string of the molecule is CN(C)C(=O)CN1C[C@@H]2[C@H](NC(=O)CC3CCOCC3)c3ccccc3[C@@H]2C1. The fourth-order valence-electron chi connectivity index (χ4n) is 5.03. The molecule has 0 unspecified atom stereocenters. The lowest BCUT2D eigenvalue weighted by Gasteiger charge is -2.25. The van der Waals surface area contributed by atoms with E-state index in [0.717, 1.165) is 39.1 Å². The van der Waals surface area contributed by atoms with Gasteiger partial charge in [-0.2, -0.15) is 0 Å². The molecule has 2 heterocycles. The van der Waals surface area contributed by atoms with Gasteiger partial charge in [0.15, 0.2) is 0 Å². The number of rotatable bonds is 5. The highest BCUT2D eigenvalue weighted by Gasteiger charge is 2.46. The monoisotopic (exact) mass is 385 g/mol. The molecule has 1 aromatic rings. The molecule has 0 radical (unpaired) electrons. The van der Waals surface area contributed by atoms with Crippen molar-refractivity contribution in [1.82, 2.24) is 15.1 Å². The summed E-state index contributed by atoms with van der Waals surface area (Å²) in [5.41, 5.74) is 2.60. The average molecular weight is 386 g/mol. The lowest BCUT2D eigenvalue weighted by atomic mass is 9.93. The zero-order valence-corrected chi connectivity index (χ0v) is 16.9. The summed E-state index contributed by atoms with van der Waals surface area (Å²) >= 11 is 0. The third kappa shape index (κ3) is 3.94. The highest BCUT2D eigenvalue weighted by molar-refractivity contribution is 5.78. The Bertz CT molecular complexity index is 729. The number of hydrogen-bond donors (Lipinski definition) is 1. The average Bonchev–Trinajstić information content (AvgIpc) is 3.21. The van der Waals surface area contributed by atoms with E-state index in [1.54, 1.807) is 19.0 Å². The van der Waals surface area contributed by atoms with Crippen molar-refractivity contribution in [3.63, 3.8) is 0 Å². The van der Waals surface area contributed by atoms with Crippen LogP contribution in [0.4, 0.5) is 0 Å². The van der Waals surface area contributed by atoms with E-state index in [4.69, 9.17) is 4.74 Å². The van der Waals surface area contributed by atoms with Crippen LogP contribution < -0.4 is 5.32 Å². The molecule has 4 rings (SSSR count). The molecule has 3 aliphatic rings. The van der Waals surface area contributed by atoms with Crippen LogP contribution in [-0.4, -0.2) is 68.6 Å². The highest BCUT2D eigenvalue weighted by atomic mass is 16.5. The van der Waals surface area contributed by atoms with Crippen LogP contribution in [0.1, 0.15) is 42.3 Å². The number of nitrogens with one attached hydrogen (secondary N) is 1. The number of fused-ring (bicyclic) bond motifs is 3. The van der Waals surface area contributed by atoms with Gasteiger partial charge < -0.3 is 15.0 Å². The van der Waals surface area contributed by atoms with Crippen LogP contribution in [0.25, 0.3) is 0 Å². The summed E-state index contributed by atoms with van der Waals surface area (Å²) in [6.45, 7) is 3.72. The summed E-state index contributed by atoms with van der Waals surface area (Å²) in [5, 5.41) is 3.35. The summed E-state index contributed by atoms with van der Waals surface area (Å²) < 4.78 is 5.41. The van der Waals surface area contributed by atoms with Crippen molar-refractivity contribution in [2.75, 3.05) is 46.9 Å². The summed E-state index contributed by atoms with van der Waals surface area (Å²) in [6.07, 6.45) is 2.53. The number of benzene rings is 1. The maximum atomic E-state index is 12.8. The second-order valence-electron chi connectivity index (χ2n) is 8.69. The Hall–Kier alpha value is -1.92. The van der Waals surface area contributed by atoms with Gasteiger partial charge in [0.05, 0.1) is 12.6 Å². The van der Waals surface area contributed by atoms with Crippen LogP contribution in [0.3, 0.4) is 0 Å². The Morgan fingerprint density at radius 3 is 2.57 bits per heavy atom. The first-order valence-electron chi connectivity index (χ1n) is 10.4. The summed E-state index contributed by atoms with van der Waals surface area (Å²) in [6, 6.07) is 8.53. The van der Waals surface area contributed by atoms with Gasteiger partial charge >= 0.3 is 0 Å². The molecular weight excluding hydrogens is 354 g/mol. The molecule has 152 valence electrons. The molecule has 0 aromatic heterocycles. The van der Waals surface area contributed by atoms with Crippen LogP contribution in [0, 0.1) is 11.8 Å². The minimum absolute atomic E-state index is 0.0491. The fraction of sp³-hybridized carbons (Fsp3) is 0.636. The standard InChI is InChI=1S/C22H31N3O3/c1-24(2)21(27)14-25-12-18-16-5-3-4-6-17(16)22(19(18)13-25)23-20(26)11-15-7-9-28-10-8-15/h3-6,15,18-19,22H,7-14H2,1-2H3,(H,23,26)/t18-,19-,22+/m0/s1. The first-order valence-corrected chi connectivity index (χ1v) is 10.4. The van der Waals surface area contributed by atoms with Crippen molar-refractivity contribution < 1.29 is 14.3 Å². The van der Waals surface area contributed by atoms with Gasteiger partial charge in [-0.1, -0.05) is 24.3 Å². The number of carbonyl (C=O) groups is 2. The fourth-order valence-corrected chi connectivity index (χ4v) is 5.03. The lowest BCUT2D eigenvalue weighted by Crippen LogP contribution is -2.38. The van der Waals surface area contributed by atoms with Crippen molar-refractivity contribution in [3.8, 4) is 0 Å². The van der Waals surface area contributed by atoms with E-state index in [0.29, 0.717) is 30.7 Å². The number of likely N-dealkylation sites (N-methyl/N-ethyl adjacent to an activating group) is 1. The van der Waals surface area contributed by atoms with Crippen molar-refractivity contribution >= 4 is 11.8 Å². The minimum atomic E-state index is 0.0491. The number of hydrogen-bond acceptors (Lipinski definition) is 4. The van der Waals surface area contributed by atoms with Crippen molar-refractivity contribution in [1.29, 1.82) is 0 Å². The molecule has 3 atom stereocenters. The molecule has 2 aliphatic heterocycles. The van der Waals surface area contributed by atoms with Gasteiger partial charge in [0.2, 0.25) is 11.8 Å². The molecule has 0 saturated carbocycles. The van der Waals surface area contributed by atoms with Gasteiger partial charge in [0.25, 0.3) is 0 Å². The van der Waals surface area contributed by atoms with Crippen LogP contribution in [0.15, 0.2) is 24.3 Å². The third-order valence-electron chi connectivity index (χ3n) is 6.59. The number of amides is 2. The van der Waals surface area contributed by atoms with Crippen molar-refractivity contribution in [3.05, 3.63) is 35.4 Å². The predicted molar refractivity (Wildman–Crippen MR) is 107 cm³/mol. The van der Waals surface area contributed by atoms with Gasteiger partial charge in [0, 0.05) is 58.7 Å². The maximum absolute atomic E-state index is 12.8. The first-order chi connectivity index (χ1) is 13.5. The van der Waals surface area contributed by atoms with Crippen LogP contribution >= 0.6 is 0 Å². The van der Waals surface area contributed by atoms with Gasteiger partial charge in [-0.05, 0) is 29.9 Å². The molecule has 1 N–H and O–H groups in total. The topological polar surface area (TPSA) is 61.9 Å². The van der Waals surface area contributed by atoms with Crippen LogP contribution in [0.2, 0.25) is 0 Å². The molecule has 2 fully saturated rings. The molecule has 2 saturated heterocycles. The molecular formula is C22H31N3O3. The van der Waals surface area contributed by atoms with Gasteiger partial charge in [-0.3, -0.25) is 14.5 Å². The number of nitrogens with zero attached hydrogens (tertiary/aromatic N) is 2. The molecule has 2 amide bonds. The quantitative estimate of drug-likeness (QED) is 0.839. The molecule has 0 spiro atoms. The van der Waals surface area contributed by atoms with Gasteiger partial charge in [0.1, 0.15) is 0 Å². The molecule has 1 aromatic carbocycles. The van der Waals surface area contributed by atoms with E-state index in [1.165, 1.54) is 11.1 Å². The minimum Gasteiger partial charge on any atom is -0.381 e. The van der Waals surface area contributed by atoms with Gasteiger partial charge in [-0.25, -0.2) is 0 Å².